The van der Waals surface area contributed by atoms with Crippen molar-refractivity contribution in [2.75, 3.05) is 31.7 Å². The van der Waals surface area contributed by atoms with Gasteiger partial charge in [-0.2, -0.15) is 0 Å². The van der Waals surface area contributed by atoms with Crippen LogP contribution < -0.4 is 19.7 Å². The van der Waals surface area contributed by atoms with Crippen LogP contribution in [0.1, 0.15) is 12.8 Å². The van der Waals surface area contributed by atoms with E-state index in [1.54, 1.807) is 19.2 Å². The highest BCUT2D eigenvalue weighted by atomic mass is 16.5. The Morgan fingerprint density at radius 1 is 1.12 bits per heavy atom. The van der Waals surface area contributed by atoms with Gasteiger partial charge < -0.3 is 19.7 Å². The SMILES string of the molecule is COc1ccc(OCC(=O)NCC2CCCN2c2ccccc2)cc1. The zero-order valence-corrected chi connectivity index (χ0v) is 14.5. The van der Waals surface area contributed by atoms with Gasteiger partial charge in [0.15, 0.2) is 6.61 Å². The van der Waals surface area contributed by atoms with E-state index in [4.69, 9.17) is 9.47 Å². The summed E-state index contributed by atoms with van der Waals surface area (Å²) in [4.78, 5) is 14.4. The van der Waals surface area contributed by atoms with E-state index in [1.165, 1.54) is 5.69 Å². The third kappa shape index (κ3) is 4.66. The second-order valence-electron chi connectivity index (χ2n) is 6.09. The first-order valence-electron chi connectivity index (χ1n) is 8.61. The molecule has 2 aromatic rings. The van der Waals surface area contributed by atoms with E-state index in [-0.39, 0.29) is 12.5 Å². The summed E-state index contributed by atoms with van der Waals surface area (Å²) in [5.74, 6) is 1.32. The molecule has 1 amide bonds. The predicted octanol–water partition coefficient (Wildman–Crippen LogP) is 2.86. The molecule has 1 aliphatic heterocycles. The van der Waals surface area contributed by atoms with E-state index >= 15 is 0 Å². The van der Waals surface area contributed by atoms with E-state index in [1.807, 2.05) is 30.3 Å². The van der Waals surface area contributed by atoms with E-state index in [2.05, 4.69) is 22.3 Å². The first kappa shape index (κ1) is 17.1. The minimum absolute atomic E-state index is 0.0182. The van der Waals surface area contributed by atoms with Gasteiger partial charge >= 0.3 is 0 Å². The molecular weight excluding hydrogens is 316 g/mol. The van der Waals surface area contributed by atoms with Crippen molar-refractivity contribution in [2.24, 2.45) is 0 Å². The van der Waals surface area contributed by atoms with Gasteiger partial charge in [-0.3, -0.25) is 4.79 Å². The molecule has 3 rings (SSSR count). The lowest BCUT2D eigenvalue weighted by Gasteiger charge is -2.27. The van der Waals surface area contributed by atoms with Gasteiger partial charge in [0.1, 0.15) is 11.5 Å². The Morgan fingerprint density at radius 3 is 2.56 bits per heavy atom. The maximum absolute atomic E-state index is 12.1. The Balaban J connectivity index is 1.45. The van der Waals surface area contributed by atoms with Crippen molar-refractivity contribution in [1.29, 1.82) is 0 Å². The van der Waals surface area contributed by atoms with E-state index in [0.717, 1.165) is 25.1 Å². The fraction of sp³-hybridized carbons (Fsp3) is 0.350. The summed E-state index contributed by atoms with van der Waals surface area (Å²) in [5, 5.41) is 2.99. The standard InChI is InChI=1S/C20H24N2O3/c1-24-18-9-11-19(12-10-18)25-15-20(23)21-14-17-8-5-13-22(17)16-6-3-2-4-7-16/h2-4,6-7,9-12,17H,5,8,13-15H2,1H3,(H,21,23). The van der Waals surface area contributed by atoms with Gasteiger partial charge in [-0.1, -0.05) is 18.2 Å². The van der Waals surface area contributed by atoms with Gasteiger partial charge in [0.05, 0.1) is 7.11 Å². The number of anilines is 1. The summed E-state index contributed by atoms with van der Waals surface area (Å²) < 4.78 is 10.6. The molecule has 0 bridgehead atoms. The molecule has 25 heavy (non-hydrogen) atoms. The minimum atomic E-state index is -0.101. The monoisotopic (exact) mass is 340 g/mol. The van der Waals surface area contributed by atoms with Crippen LogP contribution in [0.15, 0.2) is 54.6 Å². The first-order valence-corrected chi connectivity index (χ1v) is 8.61. The van der Waals surface area contributed by atoms with Crippen LogP contribution in [0, 0.1) is 0 Å². The van der Waals surface area contributed by atoms with Gasteiger partial charge in [-0.05, 0) is 49.2 Å². The quantitative estimate of drug-likeness (QED) is 0.842. The van der Waals surface area contributed by atoms with Crippen LogP contribution in [-0.2, 0) is 4.79 Å². The maximum Gasteiger partial charge on any atom is 0.258 e. The first-order chi connectivity index (χ1) is 12.3. The number of nitrogens with one attached hydrogen (secondary N) is 1. The fourth-order valence-electron chi connectivity index (χ4n) is 3.11. The van der Waals surface area contributed by atoms with Gasteiger partial charge in [-0.15, -0.1) is 0 Å². The maximum atomic E-state index is 12.1. The van der Waals surface area contributed by atoms with Crippen LogP contribution in [0.25, 0.3) is 0 Å². The summed E-state index contributed by atoms with van der Waals surface area (Å²) in [6.07, 6.45) is 2.24. The Hall–Kier alpha value is -2.69. The zero-order chi connectivity index (χ0) is 17.5. The molecule has 5 nitrogen and oxygen atoms in total. The summed E-state index contributed by atoms with van der Waals surface area (Å²) in [7, 11) is 1.62. The Labute approximate surface area is 148 Å². The molecule has 1 fully saturated rings. The number of hydrogen-bond acceptors (Lipinski definition) is 4. The number of nitrogens with zero attached hydrogens (tertiary/aromatic N) is 1. The highest BCUT2D eigenvalue weighted by molar-refractivity contribution is 5.77. The highest BCUT2D eigenvalue weighted by Crippen LogP contribution is 2.24. The smallest absolute Gasteiger partial charge is 0.258 e. The zero-order valence-electron chi connectivity index (χ0n) is 14.5. The molecule has 1 saturated heterocycles. The molecule has 1 atom stereocenters. The summed E-state index contributed by atoms with van der Waals surface area (Å²) in [6.45, 7) is 1.69. The van der Waals surface area contributed by atoms with Crippen LogP contribution in [0.3, 0.4) is 0 Å². The van der Waals surface area contributed by atoms with E-state index < -0.39 is 0 Å². The lowest BCUT2D eigenvalue weighted by molar-refractivity contribution is -0.123. The number of rotatable bonds is 7. The van der Waals surface area contributed by atoms with E-state index in [9.17, 15) is 4.79 Å². The second-order valence-corrected chi connectivity index (χ2v) is 6.09. The van der Waals surface area contributed by atoms with Gasteiger partial charge in [0.2, 0.25) is 0 Å². The molecule has 1 heterocycles. The van der Waals surface area contributed by atoms with Gasteiger partial charge in [0, 0.05) is 24.8 Å². The third-order valence-corrected chi connectivity index (χ3v) is 4.43. The lowest BCUT2D eigenvalue weighted by Crippen LogP contribution is -2.41. The minimum Gasteiger partial charge on any atom is -0.497 e. The fourth-order valence-corrected chi connectivity index (χ4v) is 3.11. The van der Waals surface area contributed by atoms with Gasteiger partial charge in [0.25, 0.3) is 5.91 Å². The van der Waals surface area contributed by atoms with Crippen LogP contribution in [0.5, 0.6) is 11.5 Å². The molecule has 132 valence electrons. The summed E-state index contributed by atoms with van der Waals surface area (Å²) in [5.41, 5.74) is 1.22. The molecule has 0 aromatic heterocycles. The molecule has 1 unspecified atom stereocenters. The molecule has 2 aromatic carbocycles. The average Bonchev–Trinajstić information content (AvgIpc) is 3.14. The molecular formula is C20H24N2O3. The Bertz CT molecular complexity index is 673. The van der Waals surface area contributed by atoms with Crippen molar-refractivity contribution in [2.45, 2.75) is 18.9 Å². The number of amides is 1. The topological polar surface area (TPSA) is 50.8 Å². The van der Waals surface area contributed by atoms with Crippen molar-refractivity contribution in [3.8, 4) is 11.5 Å². The molecule has 5 heteroatoms. The number of methoxy groups -OCH3 is 1. The Kier molecular flexibility index (Phi) is 5.77. The normalized spacial score (nSPS) is 16.5. The van der Waals surface area contributed by atoms with Crippen LogP contribution >= 0.6 is 0 Å². The highest BCUT2D eigenvalue weighted by Gasteiger charge is 2.24. The molecule has 0 radical (unpaired) electrons. The number of benzene rings is 2. The predicted molar refractivity (Wildman–Crippen MR) is 98.3 cm³/mol. The largest absolute Gasteiger partial charge is 0.497 e. The van der Waals surface area contributed by atoms with Crippen LogP contribution in [0.2, 0.25) is 0 Å². The van der Waals surface area contributed by atoms with E-state index in [0.29, 0.717) is 18.3 Å². The van der Waals surface area contributed by atoms with Crippen molar-refractivity contribution in [3.05, 3.63) is 54.6 Å². The number of para-hydroxylation sites is 1. The number of ether oxygens (including phenoxy) is 2. The Morgan fingerprint density at radius 2 is 1.84 bits per heavy atom. The molecule has 0 aliphatic carbocycles. The van der Waals surface area contributed by atoms with Crippen molar-refractivity contribution >= 4 is 11.6 Å². The molecule has 0 saturated carbocycles. The average molecular weight is 340 g/mol. The van der Waals surface area contributed by atoms with Crippen LogP contribution in [-0.4, -0.2) is 38.8 Å². The van der Waals surface area contributed by atoms with Crippen molar-refractivity contribution in [3.63, 3.8) is 0 Å². The number of hydrogen-bond donors (Lipinski definition) is 1. The van der Waals surface area contributed by atoms with Crippen molar-refractivity contribution < 1.29 is 14.3 Å². The third-order valence-electron chi connectivity index (χ3n) is 4.43. The number of carbonyl (C=O) groups excluding carboxylic acids is 1. The second kappa shape index (κ2) is 8.42. The number of carbonyl (C=O) groups is 1. The van der Waals surface area contributed by atoms with Crippen LogP contribution in [0.4, 0.5) is 5.69 Å². The van der Waals surface area contributed by atoms with Crippen molar-refractivity contribution in [1.82, 2.24) is 5.32 Å². The lowest BCUT2D eigenvalue weighted by atomic mass is 10.2. The van der Waals surface area contributed by atoms with Gasteiger partial charge in [-0.25, -0.2) is 0 Å². The summed E-state index contributed by atoms with van der Waals surface area (Å²) in [6, 6.07) is 17.9. The summed E-state index contributed by atoms with van der Waals surface area (Å²) >= 11 is 0. The molecule has 0 spiro atoms. The molecule has 1 aliphatic rings. The molecule has 1 N–H and O–H groups in total.